The second-order valence-corrected chi connectivity index (χ2v) is 7.78. The van der Waals surface area contributed by atoms with E-state index in [4.69, 9.17) is 11.6 Å². The molecule has 2 aliphatic rings. The van der Waals surface area contributed by atoms with Crippen molar-refractivity contribution in [3.8, 4) is 10.6 Å². The van der Waals surface area contributed by atoms with Crippen molar-refractivity contribution in [3.63, 3.8) is 0 Å². The summed E-state index contributed by atoms with van der Waals surface area (Å²) >= 11 is 7.41. The maximum Gasteiger partial charge on any atom is 0.255 e. The molecule has 2 aliphatic carbocycles. The Kier molecular flexibility index (Phi) is 3.08. The van der Waals surface area contributed by atoms with Gasteiger partial charge in [0.05, 0.1) is 26.7 Å². The van der Waals surface area contributed by atoms with Crippen molar-refractivity contribution in [2.24, 2.45) is 5.41 Å². The van der Waals surface area contributed by atoms with Crippen LogP contribution in [0.5, 0.6) is 0 Å². The Hall–Kier alpha value is -1.33. The first-order valence-electron chi connectivity index (χ1n) is 7.28. The van der Waals surface area contributed by atoms with Crippen LogP contribution in [0.2, 0.25) is 4.34 Å². The van der Waals surface area contributed by atoms with E-state index in [9.17, 15) is 4.79 Å². The number of H-pyrrole nitrogens is 1. The lowest BCUT2D eigenvalue weighted by atomic mass is 10.1. The minimum Gasteiger partial charge on any atom is -0.349 e. The molecule has 2 aromatic heterocycles. The summed E-state index contributed by atoms with van der Waals surface area (Å²) in [5.41, 5.74) is 1.77. The molecule has 6 heteroatoms. The average molecular weight is 322 g/mol. The van der Waals surface area contributed by atoms with Crippen LogP contribution in [0, 0.1) is 5.41 Å². The number of hydrogen-bond acceptors (Lipinski definition) is 3. The molecule has 1 atom stereocenters. The van der Waals surface area contributed by atoms with Gasteiger partial charge in [0.2, 0.25) is 0 Å². The highest BCUT2D eigenvalue weighted by atomic mass is 35.5. The SMILES string of the molecule is O=C(NC1CC12CCCC2)c1cn[nH]c1-c1ccc(Cl)s1. The third-order valence-corrected chi connectivity index (χ3v) is 6.05. The Bertz CT molecular complexity index is 687. The lowest BCUT2D eigenvalue weighted by Gasteiger charge is -2.09. The molecule has 2 heterocycles. The van der Waals surface area contributed by atoms with Crippen molar-refractivity contribution < 1.29 is 4.79 Å². The van der Waals surface area contributed by atoms with Crippen LogP contribution in [0.1, 0.15) is 42.5 Å². The number of carbonyl (C=O) groups is 1. The zero-order valence-electron chi connectivity index (χ0n) is 11.5. The number of rotatable bonds is 3. The second kappa shape index (κ2) is 4.85. The summed E-state index contributed by atoms with van der Waals surface area (Å²) in [6, 6.07) is 4.09. The van der Waals surface area contributed by atoms with Crippen molar-refractivity contribution >= 4 is 28.8 Å². The number of thiophene rings is 1. The molecule has 4 nitrogen and oxygen atoms in total. The van der Waals surface area contributed by atoms with Crippen LogP contribution in [0.3, 0.4) is 0 Å². The summed E-state index contributed by atoms with van der Waals surface area (Å²) in [5, 5.41) is 10.1. The first-order valence-corrected chi connectivity index (χ1v) is 8.47. The number of aromatic amines is 1. The molecule has 110 valence electrons. The largest absolute Gasteiger partial charge is 0.349 e. The zero-order chi connectivity index (χ0) is 14.4. The van der Waals surface area contributed by atoms with E-state index in [-0.39, 0.29) is 5.91 Å². The quantitative estimate of drug-likeness (QED) is 0.902. The Morgan fingerprint density at radius 2 is 2.24 bits per heavy atom. The molecule has 2 fully saturated rings. The lowest BCUT2D eigenvalue weighted by molar-refractivity contribution is 0.0946. The Morgan fingerprint density at radius 3 is 2.95 bits per heavy atom. The third kappa shape index (κ3) is 2.28. The fraction of sp³-hybridized carbons (Fsp3) is 0.467. The molecule has 4 rings (SSSR count). The van der Waals surface area contributed by atoms with Crippen LogP contribution >= 0.6 is 22.9 Å². The Labute approximate surface area is 131 Å². The predicted molar refractivity (Wildman–Crippen MR) is 83.7 cm³/mol. The third-order valence-electron chi connectivity index (χ3n) is 4.80. The van der Waals surface area contributed by atoms with Crippen molar-refractivity contribution in [2.75, 3.05) is 0 Å². The summed E-state index contributed by atoms with van der Waals surface area (Å²) in [6.45, 7) is 0. The van der Waals surface area contributed by atoms with Gasteiger partial charge < -0.3 is 5.32 Å². The van der Waals surface area contributed by atoms with Crippen molar-refractivity contribution in [3.05, 3.63) is 28.2 Å². The second-order valence-electron chi connectivity index (χ2n) is 6.06. The number of aromatic nitrogens is 2. The summed E-state index contributed by atoms with van der Waals surface area (Å²) in [7, 11) is 0. The molecule has 1 unspecified atom stereocenters. The van der Waals surface area contributed by atoms with Gasteiger partial charge in [-0.25, -0.2) is 0 Å². The molecule has 21 heavy (non-hydrogen) atoms. The van der Waals surface area contributed by atoms with Crippen LogP contribution < -0.4 is 5.32 Å². The van der Waals surface area contributed by atoms with E-state index in [2.05, 4.69) is 15.5 Å². The smallest absolute Gasteiger partial charge is 0.255 e. The molecular weight excluding hydrogens is 306 g/mol. The normalized spacial score (nSPS) is 22.6. The van der Waals surface area contributed by atoms with Crippen LogP contribution in [0.25, 0.3) is 10.6 Å². The predicted octanol–water partition coefficient (Wildman–Crippen LogP) is 3.85. The summed E-state index contributed by atoms with van der Waals surface area (Å²) in [4.78, 5) is 13.4. The van der Waals surface area contributed by atoms with Crippen LogP contribution in [-0.2, 0) is 0 Å². The molecule has 2 N–H and O–H groups in total. The van der Waals surface area contributed by atoms with Crippen LogP contribution in [-0.4, -0.2) is 22.1 Å². The molecule has 0 aromatic carbocycles. The number of hydrogen-bond donors (Lipinski definition) is 2. The zero-order valence-corrected chi connectivity index (χ0v) is 13.1. The van der Waals surface area contributed by atoms with E-state index < -0.39 is 0 Å². The molecule has 0 aliphatic heterocycles. The summed E-state index contributed by atoms with van der Waals surface area (Å²) in [6.07, 6.45) is 7.86. The molecule has 0 saturated heterocycles. The van der Waals surface area contributed by atoms with Crippen molar-refractivity contribution in [1.29, 1.82) is 0 Å². The van der Waals surface area contributed by atoms with E-state index in [0.29, 0.717) is 21.4 Å². The Balaban J connectivity index is 1.52. The lowest BCUT2D eigenvalue weighted by Crippen LogP contribution is -2.29. The fourth-order valence-electron chi connectivity index (χ4n) is 3.51. The number of halogens is 1. The van der Waals surface area contributed by atoms with Gasteiger partial charge in [-0.3, -0.25) is 9.89 Å². The summed E-state index contributed by atoms with van der Waals surface area (Å²) in [5.74, 6) is -0.0305. The van der Waals surface area contributed by atoms with E-state index in [1.165, 1.54) is 37.0 Å². The van der Waals surface area contributed by atoms with Gasteiger partial charge in [0.15, 0.2) is 0 Å². The highest BCUT2D eigenvalue weighted by Crippen LogP contribution is 2.57. The summed E-state index contributed by atoms with van der Waals surface area (Å²) < 4.78 is 0.707. The molecule has 2 saturated carbocycles. The van der Waals surface area contributed by atoms with Gasteiger partial charge in [0.25, 0.3) is 5.91 Å². The first-order chi connectivity index (χ1) is 10.2. The molecule has 1 amide bonds. The molecular formula is C15H16ClN3OS. The van der Waals surface area contributed by atoms with Crippen molar-refractivity contribution in [2.45, 2.75) is 38.1 Å². The van der Waals surface area contributed by atoms with Gasteiger partial charge in [-0.1, -0.05) is 24.4 Å². The standard InChI is InChI=1S/C15H16ClN3OS/c16-12-4-3-10(21-12)13-9(8-17-19-13)14(20)18-11-7-15(11)5-1-2-6-15/h3-4,8,11H,1-2,5-7H2,(H,17,19)(H,18,20). The molecule has 1 spiro atoms. The van der Waals surface area contributed by atoms with E-state index in [1.54, 1.807) is 6.20 Å². The van der Waals surface area contributed by atoms with E-state index >= 15 is 0 Å². The molecule has 0 bridgehead atoms. The van der Waals surface area contributed by atoms with Gasteiger partial charge in [-0.15, -0.1) is 11.3 Å². The van der Waals surface area contributed by atoms with E-state index in [0.717, 1.165) is 17.0 Å². The van der Waals surface area contributed by atoms with E-state index in [1.807, 2.05) is 12.1 Å². The number of carbonyl (C=O) groups excluding carboxylic acids is 1. The van der Waals surface area contributed by atoms with Gasteiger partial charge in [0.1, 0.15) is 0 Å². The van der Waals surface area contributed by atoms with Gasteiger partial charge in [-0.05, 0) is 36.8 Å². The minimum atomic E-state index is -0.0305. The fourth-order valence-corrected chi connectivity index (χ4v) is 4.57. The van der Waals surface area contributed by atoms with Crippen molar-refractivity contribution in [1.82, 2.24) is 15.5 Å². The van der Waals surface area contributed by atoms with Gasteiger partial charge >= 0.3 is 0 Å². The highest BCUT2D eigenvalue weighted by Gasteiger charge is 2.55. The number of amides is 1. The van der Waals surface area contributed by atoms with Crippen LogP contribution in [0.4, 0.5) is 0 Å². The number of nitrogens with zero attached hydrogens (tertiary/aromatic N) is 1. The maximum atomic E-state index is 12.5. The number of nitrogens with one attached hydrogen (secondary N) is 2. The highest BCUT2D eigenvalue weighted by molar-refractivity contribution is 7.19. The molecule has 2 aromatic rings. The maximum absolute atomic E-state index is 12.5. The first kappa shape index (κ1) is 13.3. The molecule has 0 radical (unpaired) electrons. The Morgan fingerprint density at radius 1 is 1.43 bits per heavy atom. The minimum absolute atomic E-state index is 0.0305. The van der Waals surface area contributed by atoms with Gasteiger partial charge in [-0.2, -0.15) is 5.10 Å². The monoisotopic (exact) mass is 321 g/mol. The topological polar surface area (TPSA) is 57.8 Å². The van der Waals surface area contributed by atoms with Gasteiger partial charge in [0, 0.05) is 6.04 Å². The average Bonchev–Trinajstić information content (AvgIpc) is 2.94. The van der Waals surface area contributed by atoms with Crippen LogP contribution in [0.15, 0.2) is 18.3 Å².